The van der Waals surface area contributed by atoms with E-state index in [0.717, 1.165) is 25.7 Å². The van der Waals surface area contributed by atoms with Gasteiger partial charge in [0, 0.05) is 23.7 Å². The van der Waals surface area contributed by atoms with Crippen molar-refractivity contribution in [2.24, 2.45) is 5.41 Å². The van der Waals surface area contributed by atoms with Crippen LogP contribution in [0.5, 0.6) is 0 Å². The zero-order valence-corrected chi connectivity index (χ0v) is 11.8. The maximum absolute atomic E-state index is 10.9. The standard InChI is InChI=1S/C14H21N3O3/c1-11-8-15-13(7-12(11)17(19)20)16-9-14(10-18)5-3-2-4-6-14/h7-8,18H,2-6,9-10H2,1H3,(H,15,16). The highest BCUT2D eigenvalue weighted by molar-refractivity contribution is 5.49. The zero-order valence-electron chi connectivity index (χ0n) is 11.8. The van der Waals surface area contributed by atoms with E-state index in [4.69, 9.17) is 0 Å². The van der Waals surface area contributed by atoms with Gasteiger partial charge < -0.3 is 10.4 Å². The number of aliphatic hydroxyl groups is 1. The Balaban J connectivity index is 2.06. The summed E-state index contributed by atoms with van der Waals surface area (Å²) in [7, 11) is 0. The average Bonchev–Trinajstić information content (AvgIpc) is 2.47. The first-order chi connectivity index (χ1) is 9.56. The summed E-state index contributed by atoms with van der Waals surface area (Å²) in [5, 5.41) is 23.7. The molecule has 6 heteroatoms. The van der Waals surface area contributed by atoms with Crippen LogP contribution >= 0.6 is 0 Å². The molecule has 6 nitrogen and oxygen atoms in total. The highest BCUT2D eigenvalue weighted by Gasteiger charge is 2.31. The molecule has 1 aliphatic rings. The Morgan fingerprint density at radius 2 is 2.15 bits per heavy atom. The zero-order chi connectivity index (χ0) is 14.6. The fourth-order valence-electron chi connectivity index (χ4n) is 2.78. The molecule has 0 radical (unpaired) electrons. The van der Waals surface area contributed by atoms with E-state index in [2.05, 4.69) is 10.3 Å². The molecule has 1 aliphatic carbocycles. The summed E-state index contributed by atoms with van der Waals surface area (Å²) < 4.78 is 0. The number of hydrogen-bond acceptors (Lipinski definition) is 5. The second-order valence-corrected chi connectivity index (χ2v) is 5.69. The van der Waals surface area contributed by atoms with Crippen LogP contribution in [0.15, 0.2) is 12.3 Å². The lowest BCUT2D eigenvalue weighted by atomic mass is 9.74. The van der Waals surface area contributed by atoms with E-state index < -0.39 is 4.92 Å². The highest BCUT2D eigenvalue weighted by atomic mass is 16.6. The minimum atomic E-state index is -0.398. The fourth-order valence-corrected chi connectivity index (χ4v) is 2.78. The SMILES string of the molecule is Cc1cnc(NCC2(CO)CCCCC2)cc1[N+](=O)[O-]. The number of aromatic nitrogens is 1. The molecule has 110 valence electrons. The first-order valence-electron chi connectivity index (χ1n) is 7.02. The van der Waals surface area contributed by atoms with E-state index >= 15 is 0 Å². The number of aliphatic hydroxyl groups excluding tert-OH is 1. The minimum Gasteiger partial charge on any atom is -0.396 e. The molecule has 0 aliphatic heterocycles. The third-order valence-electron chi connectivity index (χ3n) is 4.17. The van der Waals surface area contributed by atoms with Crippen molar-refractivity contribution >= 4 is 11.5 Å². The van der Waals surface area contributed by atoms with E-state index in [-0.39, 0.29) is 17.7 Å². The number of nitro groups is 1. The summed E-state index contributed by atoms with van der Waals surface area (Å²) in [5.41, 5.74) is 0.513. The highest BCUT2D eigenvalue weighted by Crippen LogP contribution is 2.36. The van der Waals surface area contributed by atoms with E-state index in [1.54, 1.807) is 6.92 Å². The van der Waals surface area contributed by atoms with Crippen LogP contribution in [-0.2, 0) is 0 Å². The number of hydrogen-bond donors (Lipinski definition) is 2. The Morgan fingerprint density at radius 1 is 1.45 bits per heavy atom. The van der Waals surface area contributed by atoms with Crippen LogP contribution in [0.25, 0.3) is 0 Å². The van der Waals surface area contributed by atoms with Gasteiger partial charge in [0.05, 0.1) is 17.6 Å². The first-order valence-corrected chi connectivity index (χ1v) is 7.02. The summed E-state index contributed by atoms with van der Waals surface area (Å²) in [5.74, 6) is 0.501. The van der Waals surface area contributed by atoms with E-state index in [1.165, 1.54) is 18.7 Å². The summed E-state index contributed by atoms with van der Waals surface area (Å²) in [4.78, 5) is 14.7. The van der Waals surface area contributed by atoms with Crippen LogP contribution in [0.2, 0.25) is 0 Å². The summed E-state index contributed by atoms with van der Waals surface area (Å²) in [6.07, 6.45) is 6.96. The summed E-state index contributed by atoms with van der Waals surface area (Å²) in [6, 6.07) is 1.46. The van der Waals surface area contributed by atoms with Crippen molar-refractivity contribution in [3.63, 3.8) is 0 Å². The normalized spacial score (nSPS) is 17.7. The van der Waals surface area contributed by atoms with Crippen LogP contribution in [0.3, 0.4) is 0 Å². The Morgan fingerprint density at radius 3 is 2.75 bits per heavy atom. The topological polar surface area (TPSA) is 88.3 Å². The molecule has 20 heavy (non-hydrogen) atoms. The third-order valence-corrected chi connectivity index (χ3v) is 4.17. The van der Waals surface area contributed by atoms with Crippen molar-refractivity contribution in [1.82, 2.24) is 4.98 Å². The smallest absolute Gasteiger partial charge is 0.277 e. The number of nitrogens with zero attached hydrogens (tertiary/aromatic N) is 2. The lowest BCUT2D eigenvalue weighted by Crippen LogP contribution is -2.35. The Bertz CT molecular complexity index is 485. The lowest BCUT2D eigenvalue weighted by Gasteiger charge is -2.35. The van der Waals surface area contributed by atoms with Gasteiger partial charge in [-0.05, 0) is 19.8 Å². The maximum atomic E-state index is 10.9. The van der Waals surface area contributed by atoms with Crippen molar-refractivity contribution in [2.75, 3.05) is 18.5 Å². The molecule has 0 amide bonds. The fraction of sp³-hybridized carbons (Fsp3) is 0.643. The number of rotatable bonds is 5. The lowest BCUT2D eigenvalue weighted by molar-refractivity contribution is -0.385. The van der Waals surface area contributed by atoms with Gasteiger partial charge in [0.1, 0.15) is 5.82 Å². The molecule has 1 fully saturated rings. The van der Waals surface area contributed by atoms with Gasteiger partial charge in [-0.2, -0.15) is 0 Å². The molecule has 2 rings (SSSR count). The molecular weight excluding hydrogens is 258 g/mol. The molecule has 0 bridgehead atoms. The van der Waals surface area contributed by atoms with E-state index in [1.807, 2.05) is 0 Å². The van der Waals surface area contributed by atoms with Gasteiger partial charge in [-0.3, -0.25) is 10.1 Å². The molecular formula is C14H21N3O3. The molecule has 1 saturated carbocycles. The van der Waals surface area contributed by atoms with Crippen LogP contribution in [-0.4, -0.2) is 28.2 Å². The number of pyridine rings is 1. The molecule has 0 spiro atoms. The molecule has 1 aromatic rings. The maximum Gasteiger partial charge on any atom is 0.277 e. The van der Waals surface area contributed by atoms with Crippen molar-refractivity contribution in [1.29, 1.82) is 0 Å². The second-order valence-electron chi connectivity index (χ2n) is 5.69. The Hall–Kier alpha value is -1.69. The van der Waals surface area contributed by atoms with Gasteiger partial charge in [0.25, 0.3) is 5.69 Å². The summed E-state index contributed by atoms with van der Waals surface area (Å²) >= 11 is 0. The number of anilines is 1. The monoisotopic (exact) mass is 279 g/mol. The van der Waals surface area contributed by atoms with Crippen molar-refractivity contribution in [3.8, 4) is 0 Å². The van der Waals surface area contributed by atoms with E-state index in [9.17, 15) is 15.2 Å². The molecule has 1 heterocycles. The first kappa shape index (κ1) is 14.7. The molecule has 2 N–H and O–H groups in total. The van der Waals surface area contributed by atoms with Crippen LogP contribution in [0, 0.1) is 22.5 Å². The Labute approximate surface area is 118 Å². The van der Waals surface area contributed by atoms with Gasteiger partial charge >= 0.3 is 0 Å². The Kier molecular flexibility index (Phi) is 4.54. The van der Waals surface area contributed by atoms with Crippen LogP contribution in [0.4, 0.5) is 11.5 Å². The van der Waals surface area contributed by atoms with Gasteiger partial charge in [-0.25, -0.2) is 4.98 Å². The van der Waals surface area contributed by atoms with Gasteiger partial charge in [0.2, 0.25) is 0 Å². The van der Waals surface area contributed by atoms with Crippen LogP contribution in [0.1, 0.15) is 37.7 Å². The molecule has 0 saturated heterocycles. The van der Waals surface area contributed by atoms with Crippen LogP contribution < -0.4 is 5.32 Å². The van der Waals surface area contributed by atoms with Gasteiger partial charge in [-0.1, -0.05) is 19.3 Å². The van der Waals surface area contributed by atoms with E-state index in [0.29, 0.717) is 17.9 Å². The van der Waals surface area contributed by atoms with Crippen molar-refractivity contribution in [2.45, 2.75) is 39.0 Å². The molecule has 1 aromatic heterocycles. The molecule has 0 unspecified atom stereocenters. The quantitative estimate of drug-likeness (QED) is 0.639. The number of aryl methyl sites for hydroxylation is 1. The van der Waals surface area contributed by atoms with Crippen molar-refractivity contribution in [3.05, 3.63) is 27.9 Å². The predicted octanol–water partition coefficient (Wildman–Crippen LogP) is 2.65. The predicted molar refractivity (Wildman–Crippen MR) is 76.7 cm³/mol. The third kappa shape index (κ3) is 3.25. The van der Waals surface area contributed by atoms with Crippen molar-refractivity contribution < 1.29 is 10.0 Å². The second kappa shape index (κ2) is 6.17. The molecule has 0 aromatic carbocycles. The number of nitrogens with one attached hydrogen (secondary N) is 1. The molecule has 0 atom stereocenters. The minimum absolute atomic E-state index is 0.0733. The van der Waals surface area contributed by atoms with Gasteiger partial charge in [-0.15, -0.1) is 0 Å². The van der Waals surface area contributed by atoms with Gasteiger partial charge in [0.15, 0.2) is 0 Å². The summed E-state index contributed by atoms with van der Waals surface area (Å²) in [6.45, 7) is 2.43. The average molecular weight is 279 g/mol. The largest absolute Gasteiger partial charge is 0.396 e.